The van der Waals surface area contributed by atoms with Gasteiger partial charge >= 0.3 is 6.18 Å². The second-order valence-electron chi connectivity index (χ2n) is 8.92. The topological polar surface area (TPSA) is 71.8 Å². The van der Waals surface area contributed by atoms with Crippen molar-refractivity contribution >= 4 is 17.3 Å². The third-order valence-electron chi connectivity index (χ3n) is 6.01. The van der Waals surface area contributed by atoms with E-state index in [0.29, 0.717) is 23.0 Å². The number of alkyl halides is 3. The van der Waals surface area contributed by atoms with Gasteiger partial charge in [-0.05, 0) is 55.2 Å². The maximum atomic E-state index is 13.0. The van der Waals surface area contributed by atoms with E-state index in [9.17, 15) is 18.0 Å². The first-order chi connectivity index (χ1) is 16.2. The molecule has 0 unspecified atom stereocenters. The number of anilines is 2. The number of carbonyl (C=O) groups is 1. The van der Waals surface area contributed by atoms with Gasteiger partial charge in [0.25, 0.3) is 5.91 Å². The Kier molecular flexibility index (Phi) is 6.90. The van der Waals surface area contributed by atoms with Crippen LogP contribution in [0.15, 0.2) is 48.8 Å². The van der Waals surface area contributed by atoms with Gasteiger partial charge in [0.2, 0.25) is 0 Å². The van der Waals surface area contributed by atoms with Crippen molar-refractivity contribution in [1.29, 1.82) is 0 Å². The minimum absolute atomic E-state index is 0.116. The number of halogens is 3. The van der Waals surface area contributed by atoms with E-state index in [-0.39, 0.29) is 17.6 Å². The zero-order valence-electron chi connectivity index (χ0n) is 19.2. The van der Waals surface area contributed by atoms with E-state index < -0.39 is 11.7 Å². The number of hydrogen-bond acceptors (Lipinski definition) is 4. The summed E-state index contributed by atoms with van der Waals surface area (Å²) in [7, 11) is 0. The summed E-state index contributed by atoms with van der Waals surface area (Å²) < 4.78 is 40.0. The van der Waals surface area contributed by atoms with Crippen molar-refractivity contribution in [2.45, 2.75) is 64.1 Å². The number of hydrogen-bond donors (Lipinski definition) is 2. The summed E-state index contributed by atoms with van der Waals surface area (Å²) in [6.07, 6.45) is 3.87. The molecule has 1 aliphatic carbocycles. The number of carbonyl (C=O) groups excluding carboxylic acids is 1. The molecule has 2 aromatic heterocycles. The monoisotopic (exact) mass is 471 g/mol. The number of amides is 1. The van der Waals surface area contributed by atoms with Crippen molar-refractivity contribution in [3.63, 3.8) is 0 Å². The minimum atomic E-state index is -4.47. The van der Waals surface area contributed by atoms with Crippen LogP contribution < -0.4 is 10.6 Å². The summed E-state index contributed by atoms with van der Waals surface area (Å²) in [4.78, 5) is 16.9. The van der Waals surface area contributed by atoms with Crippen molar-refractivity contribution in [1.82, 2.24) is 14.8 Å². The standard InChI is InChI=1S/C25H28F3N5O/c1-16(2)23-21(15-30-33(23)22-13-8-17(14-29-22)25(26,27)28)24(34)32-20-11-9-19(10-12-20)31-18-6-4-3-5-7-18/h8-16,18,31H,3-7H2,1-2H3,(H,32,34). The van der Waals surface area contributed by atoms with Crippen LogP contribution in [0.25, 0.3) is 5.82 Å². The first-order valence-electron chi connectivity index (χ1n) is 11.5. The molecule has 1 aromatic carbocycles. The Labute approximate surface area is 196 Å². The Morgan fingerprint density at radius 2 is 1.68 bits per heavy atom. The molecule has 1 saturated carbocycles. The lowest BCUT2D eigenvalue weighted by atomic mass is 9.95. The lowest BCUT2D eigenvalue weighted by molar-refractivity contribution is -0.137. The van der Waals surface area contributed by atoms with Crippen molar-refractivity contribution in [2.24, 2.45) is 0 Å². The first kappa shape index (κ1) is 23.8. The molecule has 0 atom stereocenters. The van der Waals surface area contributed by atoms with Gasteiger partial charge in [0.05, 0.1) is 23.0 Å². The highest BCUT2D eigenvalue weighted by Gasteiger charge is 2.31. The van der Waals surface area contributed by atoms with Crippen LogP contribution >= 0.6 is 0 Å². The van der Waals surface area contributed by atoms with E-state index in [1.54, 1.807) is 0 Å². The number of nitrogens with one attached hydrogen (secondary N) is 2. The molecule has 1 aliphatic rings. The molecule has 2 heterocycles. The van der Waals surface area contributed by atoms with Gasteiger partial charge < -0.3 is 10.6 Å². The first-order valence-corrected chi connectivity index (χ1v) is 11.5. The predicted octanol–water partition coefficient (Wildman–Crippen LogP) is 6.41. The number of aromatic nitrogens is 3. The molecular formula is C25H28F3N5O. The average Bonchev–Trinajstić information content (AvgIpc) is 3.26. The maximum Gasteiger partial charge on any atom is 0.417 e. The fraction of sp³-hybridized carbons (Fsp3) is 0.400. The second-order valence-corrected chi connectivity index (χ2v) is 8.92. The average molecular weight is 472 g/mol. The van der Waals surface area contributed by atoms with E-state index in [1.165, 1.54) is 49.0 Å². The number of pyridine rings is 1. The van der Waals surface area contributed by atoms with Crippen LogP contribution in [0.5, 0.6) is 0 Å². The van der Waals surface area contributed by atoms with Crippen molar-refractivity contribution in [3.05, 3.63) is 65.6 Å². The molecular weight excluding hydrogens is 443 g/mol. The highest BCUT2D eigenvalue weighted by atomic mass is 19.4. The summed E-state index contributed by atoms with van der Waals surface area (Å²) in [5, 5.41) is 10.7. The molecule has 180 valence electrons. The number of benzene rings is 1. The molecule has 3 aromatic rings. The van der Waals surface area contributed by atoms with Crippen molar-refractivity contribution in [3.8, 4) is 5.82 Å². The van der Waals surface area contributed by atoms with E-state index in [0.717, 1.165) is 18.0 Å². The zero-order valence-corrected chi connectivity index (χ0v) is 19.2. The van der Waals surface area contributed by atoms with Crippen LogP contribution in [0.1, 0.15) is 73.5 Å². The number of nitrogens with zero attached hydrogens (tertiary/aromatic N) is 3. The van der Waals surface area contributed by atoms with Gasteiger partial charge in [0, 0.05) is 23.6 Å². The fourth-order valence-corrected chi connectivity index (χ4v) is 4.28. The van der Waals surface area contributed by atoms with Crippen molar-refractivity contribution < 1.29 is 18.0 Å². The summed E-state index contributed by atoms with van der Waals surface area (Å²) in [6.45, 7) is 3.78. The number of rotatable bonds is 6. The molecule has 34 heavy (non-hydrogen) atoms. The van der Waals surface area contributed by atoms with Crippen molar-refractivity contribution in [2.75, 3.05) is 10.6 Å². The van der Waals surface area contributed by atoms with E-state index >= 15 is 0 Å². The second kappa shape index (κ2) is 9.87. The van der Waals surface area contributed by atoms with Crippen LogP contribution in [0, 0.1) is 0 Å². The van der Waals surface area contributed by atoms with Gasteiger partial charge in [0.15, 0.2) is 5.82 Å². The summed E-state index contributed by atoms with van der Waals surface area (Å²) >= 11 is 0. The third kappa shape index (κ3) is 5.40. The van der Waals surface area contributed by atoms with Gasteiger partial charge in [-0.15, -0.1) is 0 Å². The summed E-state index contributed by atoms with van der Waals surface area (Å²) in [6, 6.07) is 10.3. The maximum absolute atomic E-state index is 13.0. The molecule has 0 saturated heterocycles. The van der Waals surface area contributed by atoms with Crippen LogP contribution in [-0.2, 0) is 6.18 Å². The molecule has 2 N–H and O–H groups in total. The van der Waals surface area contributed by atoms with E-state index in [4.69, 9.17) is 0 Å². The molecule has 0 radical (unpaired) electrons. The highest BCUT2D eigenvalue weighted by Crippen LogP contribution is 2.30. The Morgan fingerprint density at radius 1 is 1.00 bits per heavy atom. The van der Waals surface area contributed by atoms with Gasteiger partial charge in [-0.1, -0.05) is 33.1 Å². The van der Waals surface area contributed by atoms with E-state index in [1.807, 2.05) is 38.1 Å². The van der Waals surface area contributed by atoms with Gasteiger partial charge in [-0.25, -0.2) is 9.67 Å². The predicted molar refractivity (Wildman–Crippen MR) is 125 cm³/mol. The zero-order chi connectivity index (χ0) is 24.3. The summed E-state index contributed by atoms with van der Waals surface area (Å²) in [5.74, 6) is -0.238. The Hall–Kier alpha value is -3.36. The lowest BCUT2D eigenvalue weighted by Gasteiger charge is -2.23. The molecule has 0 spiro atoms. The largest absolute Gasteiger partial charge is 0.417 e. The fourth-order valence-electron chi connectivity index (χ4n) is 4.28. The lowest BCUT2D eigenvalue weighted by Crippen LogP contribution is -2.22. The van der Waals surface area contributed by atoms with Crippen LogP contribution in [-0.4, -0.2) is 26.7 Å². The molecule has 9 heteroatoms. The minimum Gasteiger partial charge on any atom is -0.382 e. The quantitative estimate of drug-likeness (QED) is 0.436. The van der Waals surface area contributed by atoms with E-state index in [2.05, 4.69) is 20.7 Å². The van der Waals surface area contributed by atoms with Gasteiger partial charge in [-0.2, -0.15) is 18.3 Å². The summed E-state index contributed by atoms with van der Waals surface area (Å²) in [5.41, 5.74) is 1.75. The molecule has 0 aliphatic heterocycles. The highest BCUT2D eigenvalue weighted by molar-refractivity contribution is 6.05. The van der Waals surface area contributed by atoms with Crippen LogP contribution in [0.2, 0.25) is 0 Å². The Morgan fingerprint density at radius 3 is 2.26 bits per heavy atom. The molecule has 6 nitrogen and oxygen atoms in total. The smallest absolute Gasteiger partial charge is 0.382 e. The van der Waals surface area contributed by atoms with Gasteiger partial charge in [0.1, 0.15) is 0 Å². The van der Waals surface area contributed by atoms with Gasteiger partial charge in [-0.3, -0.25) is 4.79 Å². The van der Waals surface area contributed by atoms with Crippen LogP contribution in [0.3, 0.4) is 0 Å². The Balaban J connectivity index is 1.49. The third-order valence-corrected chi connectivity index (χ3v) is 6.01. The molecule has 1 amide bonds. The van der Waals surface area contributed by atoms with Crippen LogP contribution in [0.4, 0.5) is 24.5 Å². The normalized spacial score (nSPS) is 14.9. The molecule has 1 fully saturated rings. The molecule has 4 rings (SSSR count). The Bertz CT molecular complexity index is 1110. The SMILES string of the molecule is CC(C)c1c(C(=O)Nc2ccc(NC3CCCCC3)cc2)cnn1-c1ccc(C(F)(F)F)cn1. The molecule has 0 bridgehead atoms.